The van der Waals surface area contributed by atoms with Gasteiger partial charge in [-0.05, 0) is 6.92 Å². The standard InChI is InChI=1S/C10H15FO6/c1-4-8(16-5(2)12)9(17-6(3)13)7(11)10(14)15-4/h4,7-10,14H,1-3H3/t4-,7+,8+,9-,10-/m0/s1. The molecule has 0 unspecified atom stereocenters. The zero-order valence-corrected chi connectivity index (χ0v) is 9.75. The van der Waals surface area contributed by atoms with Crippen LogP contribution in [-0.4, -0.2) is 47.8 Å². The van der Waals surface area contributed by atoms with E-state index in [4.69, 9.17) is 14.2 Å². The molecular formula is C10H15FO6. The minimum Gasteiger partial charge on any atom is -0.456 e. The van der Waals surface area contributed by atoms with Gasteiger partial charge in [-0.1, -0.05) is 0 Å². The van der Waals surface area contributed by atoms with Crippen LogP contribution in [0, 0.1) is 0 Å². The van der Waals surface area contributed by atoms with E-state index in [1.807, 2.05) is 0 Å². The van der Waals surface area contributed by atoms with Gasteiger partial charge in [-0.25, -0.2) is 4.39 Å². The third-order valence-corrected chi connectivity index (χ3v) is 2.33. The molecule has 1 fully saturated rings. The van der Waals surface area contributed by atoms with Crippen molar-refractivity contribution in [1.29, 1.82) is 0 Å². The number of aliphatic hydroxyl groups is 1. The van der Waals surface area contributed by atoms with Gasteiger partial charge >= 0.3 is 11.9 Å². The van der Waals surface area contributed by atoms with Crippen molar-refractivity contribution < 1.29 is 33.3 Å². The zero-order chi connectivity index (χ0) is 13.2. The van der Waals surface area contributed by atoms with Crippen LogP contribution < -0.4 is 0 Å². The van der Waals surface area contributed by atoms with Gasteiger partial charge in [0.1, 0.15) is 0 Å². The number of ether oxygens (including phenoxy) is 3. The van der Waals surface area contributed by atoms with Crippen LogP contribution >= 0.6 is 0 Å². The second kappa shape index (κ2) is 5.42. The van der Waals surface area contributed by atoms with Crippen LogP contribution in [0.4, 0.5) is 4.39 Å². The van der Waals surface area contributed by atoms with E-state index in [9.17, 15) is 19.1 Å². The fourth-order valence-corrected chi connectivity index (χ4v) is 1.66. The third kappa shape index (κ3) is 3.37. The van der Waals surface area contributed by atoms with Crippen LogP contribution in [0.3, 0.4) is 0 Å². The fraction of sp³-hybridized carbons (Fsp3) is 0.800. The minimum atomic E-state index is -1.96. The number of hydrogen-bond donors (Lipinski definition) is 1. The number of hydrogen-bond acceptors (Lipinski definition) is 6. The lowest BCUT2D eigenvalue weighted by atomic mass is 10.0. The Bertz CT molecular complexity index is 307. The van der Waals surface area contributed by atoms with E-state index in [0.29, 0.717) is 0 Å². The Morgan fingerprint density at radius 2 is 1.65 bits per heavy atom. The predicted molar refractivity (Wildman–Crippen MR) is 52.6 cm³/mol. The maximum atomic E-state index is 13.6. The van der Waals surface area contributed by atoms with Gasteiger partial charge in [-0.2, -0.15) is 0 Å². The number of aliphatic hydroxyl groups excluding tert-OH is 1. The van der Waals surface area contributed by atoms with E-state index in [2.05, 4.69) is 0 Å². The van der Waals surface area contributed by atoms with E-state index >= 15 is 0 Å². The maximum absolute atomic E-state index is 13.6. The quantitative estimate of drug-likeness (QED) is 0.690. The van der Waals surface area contributed by atoms with Crippen molar-refractivity contribution in [2.45, 2.75) is 51.5 Å². The summed E-state index contributed by atoms with van der Waals surface area (Å²) < 4.78 is 28.0. The highest BCUT2D eigenvalue weighted by atomic mass is 19.1. The van der Waals surface area contributed by atoms with Crippen LogP contribution in [0.25, 0.3) is 0 Å². The summed E-state index contributed by atoms with van der Waals surface area (Å²) in [6.45, 7) is 3.74. The first-order valence-corrected chi connectivity index (χ1v) is 5.15. The summed E-state index contributed by atoms with van der Waals surface area (Å²) in [5, 5.41) is 9.25. The normalized spacial score (nSPS) is 37.4. The van der Waals surface area contributed by atoms with Crippen molar-refractivity contribution in [3.63, 3.8) is 0 Å². The molecule has 0 bridgehead atoms. The Hall–Kier alpha value is -1.21. The van der Waals surface area contributed by atoms with Crippen LogP contribution in [-0.2, 0) is 23.8 Å². The fourth-order valence-electron chi connectivity index (χ4n) is 1.66. The molecule has 1 saturated heterocycles. The lowest BCUT2D eigenvalue weighted by Gasteiger charge is -2.39. The summed E-state index contributed by atoms with van der Waals surface area (Å²) in [5.41, 5.74) is 0. The molecule has 1 rings (SSSR count). The number of halogens is 1. The molecule has 98 valence electrons. The van der Waals surface area contributed by atoms with Crippen LogP contribution in [0.5, 0.6) is 0 Å². The Balaban J connectivity index is 2.86. The first kappa shape index (κ1) is 13.9. The molecule has 0 spiro atoms. The van der Waals surface area contributed by atoms with Crippen molar-refractivity contribution >= 4 is 11.9 Å². The molecule has 1 N–H and O–H groups in total. The zero-order valence-electron chi connectivity index (χ0n) is 9.75. The number of carbonyl (C=O) groups is 2. The SMILES string of the molecule is CC(=O)O[C@H]1[C@@H](F)[C@@H](O)O[C@@H](C)[C@H]1OC(C)=O. The molecule has 0 amide bonds. The first-order valence-electron chi connectivity index (χ1n) is 5.15. The van der Waals surface area contributed by atoms with Crippen molar-refractivity contribution in [3.05, 3.63) is 0 Å². The summed E-state index contributed by atoms with van der Waals surface area (Å²) in [6.07, 6.45) is -6.88. The van der Waals surface area contributed by atoms with E-state index in [0.717, 1.165) is 13.8 Å². The van der Waals surface area contributed by atoms with Gasteiger partial charge in [0.2, 0.25) is 0 Å². The van der Waals surface area contributed by atoms with Crippen molar-refractivity contribution in [2.75, 3.05) is 0 Å². The molecule has 1 heterocycles. The molecule has 0 saturated carbocycles. The van der Waals surface area contributed by atoms with Crippen molar-refractivity contribution in [2.24, 2.45) is 0 Å². The minimum absolute atomic E-state index is 0.647. The second-order valence-corrected chi connectivity index (χ2v) is 3.82. The Labute approximate surface area is 97.6 Å². The highest BCUT2D eigenvalue weighted by Gasteiger charge is 2.48. The predicted octanol–water partition coefficient (Wildman–Crippen LogP) is -0.0750. The number of carbonyl (C=O) groups excluding carboxylic acids is 2. The molecule has 0 aromatic heterocycles. The lowest BCUT2D eigenvalue weighted by molar-refractivity contribution is -0.269. The van der Waals surface area contributed by atoms with Crippen LogP contribution in [0.2, 0.25) is 0 Å². The van der Waals surface area contributed by atoms with Crippen molar-refractivity contribution in [3.8, 4) is 0 Å². The van der Waals surface area contributed by atoms with Gasteiger partial charge in [-0.15, -0.1) is 0 Å². The van der Waals surface area contributed by atoms with Gasteiger partial charge in [0.25, 0.3) is 0 Å². The Morgan fingerprint density at radius 3 is 2.12 bits per heavy atom. The van der Waals surface area contributed by atoms with E-state index < -0.39 is 42.7 Å². The molecular weight excluding hydrogens is 235 g/mol. The summed E-state index contributed by atoms with van der Waals surface area (Å²) in [5.74, 6) is -1.37. The average molecular weight is 250 g/mol. The smallest absolute Gasteiger partial charge is 0.303 e. The molecule has 0 radical (unpaired) electrons. The van der Waals surface area contributed by atoms with Gasteiger partial charge < -0.3 is 19.3 Å². The van der Waals surface area contributed by atoms with Crippen LogP contribution in [0.1, 0.15) is 20.8 Å². The highest BCUT2D eigenvalue weighted by molar-refractivity contribution is 5.67. The molecule has 6 nitrogen and oxygen atoms in total. The average Bonchev–Trinajstić information content (AvgIpc) is 2.19. The molecule has 5 atom stereocenters. The lowest BCUT2D eigenvalue weighted by Crippen LogP contribution is -2.57. The third-order valence-electron chi connectivity index (χ3n) is 2.33. The molecule has 7 heteroatoms. The maximum Gasteiger partial charge on any atom is 0.303 e. The summed E-state index contributed by atoms with van der Waals surface area (Å²) in [7, 11) is 0. The first-order chi connectivity index (χ1) is 7.82. The van der Waals surface area contributed by atoms with Gasteiger partial charge in [-0.3, -0.25) is 9.59 Å². The summed E-state index contributed by atoms with van der Waals surface area (Å²) in [4.78, 5) is 21.7. The Morgan fingerprint density at radius 1 is 1.18 bits per heavy atom. The Kier molecular flexibility index (Phi) is 4.41. The topological polar surface area (TPSA) is 82.1 Å². The monoisotopic (exact) mass is 250 g/mol. The van der Waals surface area contributed by atoms with Gasteiger partial charge in [0, 0.05) is 13.8 Å². The van der Waals surface area contributed by atoms with E-state index in [1.54, 1.807) is 0 Å². The van der Waals surface area contributed by atoms with Gasteiger partial charge in [0.05, 0.1) is 6.10 Å². The van der Waals surface area contributed by atoms with E-state index in [1.165, 1.54) is 6.92 Å². The summed E-state index contributed by atoms with van der Waals surface area (Å²) in [6, 6.07) is 0. The molecule has 17 heavy (non-hydrogen) atoms. The van der Waals surface area contributed by atoms with Crippen molar-refractivity contribution in [1.82, 2.24) is 0 Å². The largest absolute Gasteiger partial charge is 0.456 e. The molecule has 0 aromatic rings. The van der Waals surface area contributed by atoms with E-state index in [-0.39, 0.29) is 0 Å². The second-order valence-electron chi connectivity index (χ2n) is 3.82. The highest BCUT2D eigenvalue weighted by Crippen LogP contribution is 2.27. The summed E-state index contributed by atoms with van der Waals surface area (Å²) >= 11 is 0. The molecule has 1 aliphatic rings. The molecule has 0 aromatic carbocycles. The molecule has 0 aliphatic carbocycles. The number of rotatable bonds is 2. The molecule has 1 aliphatic heterocycles. The van der Waals surface area contributed by atoms with Crippen LogP contribution in [0.15, 0.2) is 0 Å². The number of alkyl halides is 1. The van der Waals surface area contributed by atoms with Gasteiger partial charge in [0.15, 0.2) is 24.7 Å². The number of esters is 2.